The van der Waals surface area contributed by atoms with Crippen LogP contribution < -0.4 is 0 Å². The number of aryl methyl sites for hydroxylation is 2. The highest BCUT2D eigenvalue weighted by molar-refractivity contribution is 5.10. The summed E-state index contributed by atoms with van der Waals surface area (Å²) in [6.07, 6.45) is 7.28. The molecule has 0 amide bonds. The predicted octanol–water partition coefficient (Wildman–Crippen LogP) is 2.36. The lowest BCUT2D eigenvalue weighted by atomic mass is 10.1. The van der Waals surface area contributed by atoms with Crippen molar-refractivity contribution in [2.24, 2.45) is 7.05 Å². The molecule has 0 aliphatic carbocycles. The van der Waals surface area contributed by atoms with E-state index in [-0.39, 0.29) is 0 Å². The van der Waals surface area contributed by atoms with Gasteiger partial charge in [-0.05, 0) is 51.4 Å². The van der Waals surface area contributed by atoms with E-state index >= 15 is 0 Å². The van der Waals surface area contributed by atoms with E-state index in [1.54, 1.807) is 0 Å². The molecule has 0 saturated carbocycles. The number of nitrogens with zero attached hydrogens (tertiary/aromatic N) is 6. The lowest BCUT2D eigenvalue weighted by Crippen LogP contribution is -2.40. The number of fused-ring (bicyclic) bond motifs is 1. The Labute approximate surface area is 150 Å². The minimum absolute atomic E-state index is 0.481. The first-order valence-electron chi connectivity index (χ1n) is 9.65. The third-order valence-electron chi connectivity index (χ3n) is 5.66. The molecule has 0 aromatic carbocycles. The molecular formula is C19H30N6. The third kappa shape index (κ3) is 3.80. The monoisotopic (exact) mass is 342 g/mol. The van der Waals surface area contributed by atoms with Gasteiger partial charge in [0.1, 0.15) is 0 Å². The fourth-order valence-corrected chi connectivity index (χ4v) is 4.35. The average Bonchev–Trinajstić information content (AvgIpc) is 3.20. The van der Waals surface area contributed by atoms with E-state index in [2.05, 4.69) is 43.7 Å². The number of hydrogen-bond acceptors (Lipinski definition) is 4. The van der Waals surface area contributed by atoms with Crippen LogP contribution in [-0.4, -0.2) is 55.5 Å². The van der Waals surface area contributed by atoms with E-state index in [4.69, 9.17) is 0 Å². The summed E-state index contributed by atoms with van der Waals surface area (Å²) in [5.41, 5.74) is 3.73. The number of likely N-dealkylation sites (tertiary alicyclic amines) is 1. The van der Waals surface area contributed by atoms with Crippen LogP contribution in [0.5, 0.6) is 0 Å². The van der Waals surface area contributed by atoms with Crippen molar-refractivity contribution in [3.8, 4) is 0 Å². The van der Waals surface area contributed by atoms with Gasteiger partial charge in [-0.25, -0.2) is 0 Å². The third-order valence-corrected chi connectivity index (χ3v) is 5.66. The van der Waals surface area contributed by atoms with E-state index in [1.165, 1.54) is 56.7 Å². The van der Waals surface area contributed by atoms with Crippen molar-refractivity contribution >= 4 is 0 Å². The zero-order chi connectivity index (χ0) is 17.2. The van der Waals surface area contributed by atoms with Crippen molar-refractivity contribution in [1.29, 1.82) is 0 Å². The van der Waals surface area contributed by atoms with Gasteiger partial charge in [0.25, 0.3) is 0 Å². The summed E-state index contributed by atoms with van der Waals surface area (Å²) < 4.78 is 4.29. The molecule has 136 valence electrons. The SMILES string of the molecule is Cc1cc(CN2Cc3ccnn3[C@@H](CCN3CCCCC3)C2)n(C)n1. The average molecular weight is 342 g/mol. The van der Waals surface area contributed by atoms with Crippen LogP contribution in [0.2, 0.25) is 0 Å². The van der Waals surface area contributed by atoms with Crippen LogP contribution in [0.1, 0.15) is 48.8 Å². The van der Waals surface area contributed by atoms with E-state index in [9.17, 15) is 0 Å². The minimum atomic E-state index is 0.481. The largest absolute Gasteiger partial charge is 0.303 e. The molecule has 2 aromatic heterocycles. The number of piperidine rings is 1. The molecule has 4 rings (SSSR count). The molecule has 6 heteroatoms. The molecule has 6 nitrogen and oxygen atoms in total. The van der Waals surface area contributed by atoms with Gasteiger partial charge in [-0.1, -0.05) is 6.42 Å². The first-order chi connectivity index (χ1) is 12.2. The van der Waals surface area contributed by atoms with E-state index in [1.807, 2.05) is 17.9 Å². The molecule has 0 N–H and O–H groups in total. The predicted molar refractivity (Wildman–Crippen MR) is 98.2 cm³/mol. The van der Waals surface area contributed by atoms with E-state index in [0.29, 0.717) is 6.04 Å². The van der Waals surface area contributed by atoms with Gasteiger partial charge in [0, 0.05) is 39.4 Å². The van der Waals surface area contributed by atoms with Crippen LogP contribution in [0.4, 0.5) is 0 Å². The van der Waals surface area contributed by atoms with Crippen LogP contribution in [0.15, 0.2) is 18.3 Å². The summed E-state index contributed by atoms with van der Waals surface area (Å²) in [7, 11) is 2.05. The summed E-state index contributed by atoms with van der Waals surface area (Å²) >= 11 is 0. The second-order valence-electron chi connectivity index (χ2n) is 7.68. The van der Waals surface area contributed by atoms with Crippen LogP contribution >= 0.6 is 0 Å². The Balaban J connectivity index is 1.42. The van der Waals surface area contributed by atoms with Crippen molar-refractivity contribution in [2.45, 2.75) is 51.7 Å². The first-order valence-corrected chi connectivity index (χ1v) is 9.65. The van der Waals surface area contributed by atoms with Gasteiger partial charge in [-0.15, -0.1) is 0 Å². The van der Waals surface area contributed by atoms with Gasteiger partial charge < -0.3 is 4.90 Å². The van der Waals surface area contributed by atoms with Crippen LogP contribution in [-0.2, 0) is 20.1 Å². The zero-order valence-electron chi connectivity index (χ0n) is 15.6. The summed E-state index contributed by atoms with van der Waals surface area (Å²) in [5, 5.41) is 9.11. The van der Waals surface area contributed by atoms with Crippen LogP contribution in [0.25, 0.3) is 0 Å². The lowest BCUT2D eigenvalue weighted by Gasteiger charge is -2.35. The summed E-state index contributed by atoms with van der Waals surface area (Å²) in [6, 6.07) is 4.86. The molecule has 2 aliphatic heterocycles. The van der Waals surface area contributed by atoms with Gasteiger partial charge in [-0.2, -0.15) is 10.2 Å². The fraction of sp³-hybridized carbons (Fsp3) is 0.684. The highest BCUT2D eigenvalue weighted by atomic mass is 15.4. The van der Waals surface area contributed by atoms with Crippen molar-refractivity contribution in [2.75, 3.05) is 26.2 Å². The smallest absolute Gasteiger partial charge is 0.0662 e. The zero-order valence-corrected chi connectivity index (χ0v) is 15.6. The molecule has 1 saturated heterocycles. The highest BCUT2D eigenvalue weighted by Gasteiger charge is 2.26. The maximum Gasteiger partial charge on any atom is 0.0662 e. The van der Waals surface area contributed by atoms with Crippen molar-refractivity contribution < 1.29 is 0 Å². The molecule has 25 heavy (non-hydrogen) atoms. The standard InChI is InChI=1S/C19H30N6/c1-16-12-19(22(2)21-16)15-24-13-17-6-8-20-25(17)18(14-24)7-11-23-9-4-3-5-10-23/h6,8,12,18H,3-5,7,9-11,13-15H2,1-2H3/t18-/m0/s1. The lowest BCUT2D eigenvalue weighted by molar-refractivity contribution is 0.140. The quantitative estimate of drug-likeness (QED) is 0.836. The van der Waals surface area contributed by atoms with Gasteiger partial charge in [0.2, 0.25) is 0 Å². The summed E-state index contributed by atoms with van der Waals surface area (Å²) in [5.74, 6) is 0. The molecule has 2 aromatic rings. The Hall–Kier alpha value is -1.66. The molecule has 1 fully saturated rings. The van der Waals surface area contributed by atoms with Gasteiger partial charge in [0.15, 0.2) is 0 Å². The van der Waals surface area contributed by atoms with Crippen LogP contribution in [0.3, 0.4) is 0 Å². The Morgan fingerprint density at radius 2 is 2.00 bits per heavy atom. The normalized spacial score (nSPS) is 22.2. The summed E-state index contributed by atoms with van der Waals surface area (Å²) in [4.78, 5) is 5.18. The molecule has 0 bridgehead atoms. The number of rotatable bonds is 5. The van der Waals surface area contributed by atoms with E-state index < -0.39 is 0 Å². The maximum atomic E-state index is 4.62. The highest BCUT2D eigenvalue weighted by Crippen LogP contribution is 2.25. The van der Waals surface area contributed by atoms with Gasteiger partial charge in [-0.3, -0.25) is 14.3 Å². The van der Waals surface area contributed by atoms with Crippen molar-refractivity contribution in [1.82, 2.24) is 29.4 Å². The minimum Gasteiger partial charge on any atom is -0.303 e. The fourth-order valence-electron chi connectivity index (χ4n) is 4.35. The van der Waals surface area contributed by atoms with Crippen molar-refractivity contribution in [3.05, 3.63) is 35.4 Å². The molecule has 0 spiro atoms. The molecule has 0 unspecified atom stereocenters. The molecular weight excluding hydrogens is 312 g/mol. The van der Waals surface area contributed by atoms with Crippen molar-refractivity contribution in [3.63, 3.8) is 0 Å². The Kier molecular flexibility index (Phi) is 4.90. The topological polar surface area (TPSA) is 42.1 Å². The Morgan fingerprint density at radius 1 is 1.16 bits per heavy atom. The second-order valence-corrected chi connectivity index (χ2v) is 7.68. The first kappa shape index (κ1) is 16.8. The Morgan fingerprint density at radius 3 is 2.76 bits per heavy atom. The van der Waals surface area contributed by atoms with E-state index in [0.717, 1.165) is 25.3 Å². The number of aromatic nitrogens is 4. The second kappa shape index (κ2) is 7.30. The van der Waals surface area contributed by atoms with Crippen LogP contribution in [0, 0.1) is 6.92 Å². The molecule has 2 aliphatic rings. The Bertz CT molecular complexity index is 697. The molecule has 4 heterocycles. The maximum absolute atomic E-state index is 4.62. The number of hydrogen-bond donors (Lipinski definition) is 0. The van der Waals surface area contributed by atoms with Gasteiger partial charge in [0.05, 0.1) is 23.1 Å². The molecule has 0 radical (unpaired) electrons. The summed E-state index contributed by atoms with van der Waals surface area (Å²) in [6.45, 7) is 8.83. The molecule has 1 atom stereocenters. The van der Waals surface area contributed by atoms with Gasteiger partial charge >= 0.3 is 0 Å².